The van der Waals surface area contributed by atoms with Gasteiger partial charge in [-0.15, -0.1) is 0 Å². The number of carbonyl (C=O) groups excluding carboxylic acids is 1. The maximum absolute atomic E-state index is 10.8. The van der Waals surface area contributed by atoms with Gasteiger partial charge >= 0.3 is 0 Å². The molecule has 0 bridgehead atoms. The maximum atomic E-state index is 10.8. The van der Waals surface area contributed by atoms with Crippen LogP contribution in [0.3, 0.4) is 0 Å². The van der Waals surface area contributed by atoms with Crippen molar-refractivity contribution in [3.05, 3.63) is 0 Å². The monoisotopic (exact) mass is 181 g/mol. The summed E-state index contributed by atoms with van der Waals surface area (Å²) in [4.78, 5) is 10.8. The van der Waals surface area contributed by atoms with Crippen molar-refractivity contribution in [3.8, 4) is 6.07 Å². The van der Waals surface area contributed by atoms with Gasteiger partial charge in [0.05, 0.1) is 6.07 Å². The molecule has 0 heterocycles. The van der Waals surface area contributed by atoms with Gasteiger partial charge in [0.2, 0.25) is 0 Å². The molecule has 0 aromatic carbocycles. The van der Waals surface area contributed by atoms with E-state index in [1.165, 1.54) is 0 Å². The first-order valence-corrected chi connectivity index (χ1v) is 4.25. The van der Waals surface area contributed by atoms with E-state index in [9.17, 15) is 4.79 Å². The van der Waals surface area contributed by atoms with Crippen LogP contribution in [-0.4, -0.2) is 11.6 Å². The number of hydrogen-bond donors (Lipinski definition) is 1. The van der Waals surface area contributed by atoms with Crippen LogP contribution in [0.1, 0.15) is 33.6 Å². The quantitative estimate of drug-likeness (QED) is 0.526. The van der Waals surface area contributed by atoms with Crippen molar-refractivity contribution < 1.29 is 4.79 Å². The topological polar surface area (TPSA) is 65.2 Å². The molecule has 0 aliphatic rings. The van der Waals surface area contributed by atoms with Gasteiger partial charge in [-0.2, -0.15) is 10.4 Å². The lowest BCUT2D eigenvalue weighted by Crippen LogP contribution is -2.18. The highest BCUT2D eigenvalue weighted by molar-refractivity contribution is 5.84. The van der Waals surface area contributed by atoms with Crippen molar-refractivity contribution in [2.45, 2.75) is 33.6 Å². The van der Waals surface area contributed by atoms with Gasteiger partial charge in [-0.1, -0.05) is 13.8 Å². The van der Waals surface area contributed by atoms with E-state index in [1.807, 2.05) is 6.92 Å². The first-order valence-electron chi connectivity index (χ1n) is 4.25. The molecule has 4 nitrogen and oxygen atoms in total. The lowest BCUT2D eigenvalue weighted by Gasteiger charge is -2.03. The predicted molar refractivity (Wildman–Crippen MR) is 50.9 cm³/mol. The van der Waals surface area contributed by atoms with Crippen LogP contribution in [0.4, 0.5) is 0 Å². The Morgan fingerprint density at radius 3 is 2.69 bits per heavy atom. The van der Waals surface area contributed by atoms with E-state index in [4.69, 9.17) is 5.26 Å². The van der Waals surface area contributed by atoms with Crippen LogP contribution in [0.2, 0.25) is 0 Å². The lowest BCUT2D eigenvalue weighted by atomic mass is 10.1. The van der Waals surface area contributed by atoms with Gasteiger partial charge in [-0.05, 0) is 19.3 Å². The molecule has 0 atom stereocenters. The largest absolute Gasteiger partial charge is 0.272 e. The molecule has 0 aromatic rings. The fourth-order valence-electron chi connectivity index (χ4n) is 0.906. The number of nitrogens with one attached hydrogen (secondary N) is 1. The van der Waals surface area contributed by atoms with Crippen molar-refractivity contribution in [3.63, 3.8) is 0 Å². The highest BCUT2D eigenvalue weighted by Crippen LogP contribution is 2.00. The Labute approximate surface area is 78.6 Å². The molecular weight excluding hydrogens is 166 g/mol. The molecule has 0 aliphatic heterocycles. The van der Waals surface area contributed by atoms with Gasteiger partial charge in [0.25, 0.3) is 5.91 Å². The SMILES string of the molecule is CC(CC(C)C)=NNC(=O)CC#N. The van der Waals surface area contributed by atoms with Crippen LogP contribution < -0.4 is 5.43 Å². The molecule has 0 saturated carbocycles. The first kappa shape index (κ1) is 11.6. The van der Waals surface area contributed by atoms with E-state index in [2.05, 4.69) is 24.4 Å². The second kappa shape index (κ2) is 6.18. The number of carbonyl (C=O) groups is 1. The molecule has 0 saturated heterocycles. The number of rotatable bonds is 4. The number of amides is 1. The maximum Gasteiger partial charge on any atom is 0.254 e. The number of nitrogens with zero attached hydrogens (tertiary/aromatic N) is 2. The summed E-state index contributed by atoms with van der Waals surface area (Å²) in [7, 11) is 0. The summed E-state index contributed by atoms with van der Waals surface area (Å²) >= 11 is 0. The zero-order valence-corrected chi connectivity index (χ0v) is 8.29. The zero-order valence-electron chi connectivity index (χ0n) is 8.29. The van der Waals surface area contributed by atoms with Crippen LogP contribution in [0.15, 0.2) is 5.10 Å². The summed E-state index contributed by atoms with van der Waals surface area (Å²) in [5, 5.41) is 12.0. The molecule has 0 unspecified atom stereocenters. The van der Waals surface area contributed by atoms with E-state index in [1.54, 1.807) is 6.07 Å². The molecule has 0 fully saturated rings. The Balaban J connectivity index is 3.84. The average Bonchev–Trinajstić information content (AvgIpc) is 2.00. The first-order chi connectivity index (χ1) is 6.06. The number of hydrogen-bond acceptors (Lipinski definition) is 3. The van der Waals surface area contributed by atoms with Crippen LogP contribution in [-0.2, 0) is 4.79 Å². The highest BCUT2D eigenvalue weighted by Gasteiger charge is 1.99. The van der Waals surface area contributed by atoms with Crippen LogP contribution in [0.25, 0.3) is 0 Å². The molecule has 72 valence electrons. The lowest BCUT2D eigenvalue weighted by molar-refractivity contribution is -0.120. The van der Waals surface area contributed by atoms with Crippen molar-refractivity contribution in [1.29, 1.82) is 5.26 Å². The molecule has 0 aliphatic carbocycles. The fourth-order valence-corrected chi connectivity index (χ4v) is 0.906. The minimum atomic E-state index is -0.356. The Morgan fingerprint density at radius 2 is 2.23 bits per heavy atom. The molecule has 0 rings (SSSR count). The summed E-state index contributed by atoms with van der Waals surface area (Å²) in [6.07, 6.45) is 0.714. The van der Waals surface area contributed by atoms with Crippen molar-refractivity contribution in [1.82, 2.24) is 5.43 Å². The van der Waals surface area contributed by atoms with Crippen molar-refractivity contribution >= 4 is 11.6 Å². The van der Waals surface area contributed by atoms with Gasteiger partial charge in [0.15, 0.2) is 0 Å². The predicted octanol–water partition coefficient (Wildman–Crippen LogP) is 1.44. The van der Waals surface area contributed by atoms with Gasteiger partial charge in [0.1, 0.15) is 6.42 Å². The third kappa shape index (κ3) is 7.01. The Kier molecular flexibility index (Phi) is 5.53. The minimum absolute atomic E-state index is 0.140. The van der Waals surface area contributed by atoms with Crippen molar-refractivity contribution in [2.75, 3.05) is 0 Å². The number of hydrazone groups is 1. The summed E-state index contributed by atoms with van der Waals surface area (Å²) < 4.78 is 0. The molecular formula is C9H15N3O. The van der Waals surface area contributed by atoms with Gasteiger partial charge < -0.3 is 0 Å². The summed E-state index contributed by atoms with van der Waals surface area (Å²) in [5.41, 5.74) is 3.19. The molecule has 4 heteroatoms. The summed E-state index contributed by atoms with van der Waals surface area (Å²) in [5.74, 6) is 0.169. The van der Waals surface area contributed by atoms with E-state index in [-0.39, 0.29) is 12.3 Å². The third-order valence-electron chi connectivity index (χ3n) is 1.31. The molecule has 1 N–H and O–H groups in total. The second-order valence-corrected chi connectivity index (χ2v) is 3.31. The van der Waals surface area contributed by atoms with Gasteiger partial charge in [-0.25, -0.2) is 5.43 Å². The fraction of sp³-hybridized carbons (Fsp3) is 0.667. The van der Waals surface area contributed by atoms with E-state index in [0.29, 0.717) is 5.92 Å². The normalized spacial score (nSPS) is 11.2. The smallest absolute Gasteiger partial charge is 0.254 e. The van der Waals surface area contributed by atoms with Crippen LogP contribution >= 0.6 is 0 Å². The Bertz CT molecular complexity index is 238. The van der Waals surface area contributed by atoms with Crippen molar-refractivity contribution in [2.24, 2.45) is 11.0 Å². The zero-order chi connectivity index (χ0) is 10.3. The summed E-state index contributed by atoms with van der Waals surface area (Å²) in [6.45, 7) is 6.01. The van der Waals surface area contributed by atoms with Crippen LogP contribution in [0, 0.1) is 17.2 Å². The Morgan fingerprint density at radius 1 is 1.62 bits per heavy atom. The minimum Gasteiger partial charge on any atom is -0.272 e. The number of nitriles is 1. The molecule has 0 spiro atoms. The van der Waals surface area contributed by atoms with E-state index < -0.39 is 0 Å². The molecule has 13 heavy (non-hydrogen) atoms. The van der Waals surface area contributed by atoms with Gasteiger partial charge in [-0.3, -0.25) is 4.79 Å². The molecule has 1 amide bonds. The average molecular weight is 181 g/mol. The molecule has 0 aromatic heterocycles. The van der Waals surface area contributed by atoms with E-state index >= 15 is 0 Å². The third-order valence-corrected chi connectivity index (χ3v) is 1.31. The Hall–Kier alpha value is -1.37. The van der Waals surface area contributed by atoms with E-state index in [0.717, 1.165) is 12.1 Å². The molecule has 0 radical (unpaired) electrons. The second-order valence-electron chi connectivity index (χ2n) is 3.31. The van der Waals surface area contributed by atoms with Gasteiger partial charge in [0, 0.05) is 5.71 Å². The highest BCUT2D eigenvalue weighted by atomic mass is 16.2. The summed E-state index contributed by atoms with van der Waals surface area (Å²) in [6, 6.07) is 1.75. The van der Waals surface area contributed by atoms with Crippen LogP contribution in [0.5, 0.6) is 0 Å². The standard InChI is InChI=1S/C9H15N3O/c1-7(2)6-8(3)11-12-9(13)4-5-10/h7H,4,6H2,1-3H3,(H,12,13).